The van der Waals surface area contributed by atoms with Crippen LogP contribution in [0.3, 0.4) is 0 Å². The fraction of sp³-hybridized carbons (Fsp3) is 0.308. The SMILES string of the molecule is C#C[O].CCCCC(=O)c1ccccc1. The first-order valence-corrected chi connectivity index (χ1v) is 4.92. The average Bonchev–Trinajstić information content (AvgIpc) is 2.28. The minimum absolute atomic E-state index is 0.262. The van der Waals surface area contributed by atoms with Crippen molar-refractivity contribution in [2.45, 2.75) is 26.2 Å². The van der Waals surface area contributed by atoms with Gasteiger partial charge in [0.1, 0.15) is 0 Å². The highest BCUT2D eigenvalue weighted by Gasteiger charge is 2.02. The zero-order chi connectivity index (χ0) is 11.5. The highest BCUT2D eigenvalue weighted by atomic mass is 16.2. The van der Waals surface area contributed by atoms with Crippen molar-refractivity contribution in [2.75, 3.05) is 0 Å². The highest BCUT2D eigenvalue weighted by molar-refractivity contribution is 5.95. The normalized spacial score (nSPS) is 8.27. The lowest BCUT2D eigenvalue weighted by Gasteiger charge is -1.97. The molecule has 0 aliphatic carbocycles. The third kappa shape index (κ3) is 6.34. The van der Waals surface area contributed by atoms with Gasteiger partial charge in [0.2, 0.25) is 0 Å². The summed E-state index contributed by atoms with van der Waals surface area (Å²) in [6.45, 7) is 2.10. The van der Waals surface area contributed by atoms with Crippen LogP contribution in [0.2, 0.25) is 0 Å². The quantitative estimate of drug-likeness (QED) is 0.547. The number of rotatable bonds is 4. The Hall–Kier alpha value is -1.75. The molecule has 0 heterocycles. The van der Waals surface area contributed by atoms with Crippen molar-refractivity contribution < 1.29 is 9.90 Å². The van der Waals surface area contributed by atoms with Crippen LogP contribution in [0, 0.1) is 12.5 Å². The first-order chi connectivity index (χ1) is 7.26. The molecule has 0 saturated carbocycles. The summed E-state index contributed by atoms with van der Waals surface area (Å²) in [6.07, 6.45) is 7.80. The summed E-state index contributed by atoms with van der Waals surface area (Å²) >= 11 is 0. The van der Waals surface area contributed by atoms with E-state index in [2.05, 4.69) is 13.3 Å². The maximum absolute atomic E-state index is 11.4. The molecule has 0 fully saturated rings. The maximum Gasteiger partial charge on any atom is 0.168 e. The molecule has 1 rings (SSSR count). The van der Waals surface area contributed by atoms with E-state index in [-0.39, 0.29) is 5.78 Å². The topological polar surface area (TPSA) is 37.0 Å². The van der Waals surface area contributed by atoms with Crippen molar-refractivity contribution >= 4 is 5.78 Å². The first kappa shape index (κ1) is 13.2. The lowest BCUT2D eigenvalue weighted by atomic mass is 10.1. The van der Waals surface area contributed by atoms with Crippen molar-refractivity contribution in [3.05, 3.63) is 35.9 Å². The maximum atomic E-state index is 11.4. The van der Waals surface area contributed by atoms with E-state index in [1.165, 1.54) is 0 Å². The third-order valence-corrected chi connectivity index (χ3v) is 1.85. The van der Waals surface area contributed by atoms with E-state index in [9.17, 15) is 4.79 Å². The number of carbonyl (C=O) groups excluding carboxylic acids is 1. The molecule has 0 aliphatic heterocycles. The molecule has 1 aromatic carbocycles. The number of ketones is 1. The highest BCUT2D eigenvalue weighted by Crippen LogP contribution is 2.05. The summed E-state index contributed by atoms with van der Waals surface area (Å²) in [7, 11) is 0. The van der Waals surface area contributed by atoms with Crippen LogP contribution >= 0.6 is 0 Å². The zero-order valence-corrected chi connectivity index (χ0v) is 8.90. The molecule has 1 aromatic rings. The summed E-state index contributed by atoms with van der Waals surface area (Å²) in [6, 6.07) is 9.48. The number of hydrogen-bond acceptors (Lipinski definition) is 1. The molecule has 0 unspecified atom stereocenters. The average molecular weight is 203 g/mol. The van der Waals surface area contributed by atoms with Gasteiger partial charge in [-0.2, -0.15) is 0 Å². The van der Waals surface area contributed by atoms with Crippen LogP contribution < -0.4 is 0 Å². The Morgan fingerprint density at radius 2 is 1.87 bits per heavy atom. The number of hydrogen-bond donors (Lipinski definition) is 0. The van der Waals surface area contributed by atoms with E-state index in [0.717, 1.165) is 24.5 Å². The van der Waals surface area contributed by atoms with Gasteiger partial charge in [0, 0.05) is 12.0 Å². The second-order valence-corrected chi connectivity index (χ2v) is 3.01. The van der Waals surface area contributed by atoms with Gasteiger partial charge in [-0.05, 0) is 6.42 Å². The summed E-state index contributed by atoms with van der Waals surface area (Å²) in [5.74, 6) is 0.262. The predicted octanol–water partition coefficient (Wildman–Crippen LogP) is 3.07. The zero-order valence-electron chi connectivity index (χ0n) is 8.90. The van der Waals surface area contributed by atoms with Gasteiger partial charge in [0.25, 0.3) is 0 Å². The monoisotopic (exact) mass is 203 g/mol. The Labute approximate surface area is 90.9 Å². The number of terminal acetylenes is 1. The standard InChI is InChI=1S/C11H14O.C2HO/c1-2-3-9-11(12)10-7-5-4-6-8-10;1-2-3/h4-8H,2-3,9H2,1H3;1H. The third-order valence-electron chi connectivity index (χ3n) is 1.85. The lowest BCUT2D eigenvalue weighted by Crippen LogP contribution is -1.97. The molecule has 1 radical (unpaired) electrons. The Kier molecular flexibility index (Phi) is 7.80. The van der Waals surface area contributed by atoms with Crippen LogP contribution in [-0.2, 0) is 5.11 Å². The molecule has 2 nitrogen and oxygen atoms in total. The van der Waals surface area contributed by atoms with E-state index < -0.39 is 0 Å². The Balaban J connectivity index is 0.000000583. The van der Waals surface area contributed by atoms with Crippen LogP contribution in [0.25, 0.3) is 0 Å². The molecule has 15 heavy (non-hydrogen) atoms. The van der Waals surface area contributed by atoms with Crippen molar-refractivity contribution in [1.82, 2.24) is 0 Å². The fourth-order valence-corrected chi connectivity index (χ4v) is 1.11. The molecular formula is C13H15O2. The largest absolute Gasteiger partial charge is 0.294 e. The van der Waals surface area contributed by atoms with Crippen LogP contribution in [0.1, 0.15) is 36.5 Å². The molecule has 0 spiro atoms. The summed E-state index contributed by atoms with van der Waals surface area (Å²) in [4.78, 5) is 11.4. The summed E-state index contributed by atoms with van der Waals surface area (Å²) in [5.41, 5.74) is 0.839. The molecule has 0 aromatic heterocycles. The Morgan fingerprint density at radius 1 is 1.33 bits per heavy atom. The van der Waals surface area contributed by atoms with E-state index in [0.29, 0.717) is 6.42 Å². The fourth-order valence-electron chi connectivity index (χ4n) is 1.11. The molecule has 0 N–H and O–H groups in total. The number of carbonyl (C=O) groups is 1. The Bertz CT molecular complexity index is 309. The lowest BCUT2D eigenvalue weighted by molar-refractivity contribution is 0.0980. The van der Waals surface area contributed by atoms with Crippen LogP contribution in [0.5, 0.6) is 0 Å². The van der Waals surface area contributed by atoms with Gasteiger partial charge in [-0.25, -0.2) is 5.11 Å². The van der Waals surface area contributed by atoms with E-state index in [1.807, 2.05) is 30.3 Å². The minimum Gasteiger partial charge on any atom is -0.294 e. The van der Waals surface area contributed by atoms with E-state index in [4.69, 9.17) is 5.11 Å². The second kappa shape index (κ2) is 8.83. The molecular weight excluding hydrogens is 188 g/mol. The molecule has 0 atom stereocenters. The molecule has 0 amide bonds. The van der Waals surface area contributed by atoms with Gasteiger partial charge in [-0.15, -0.1) is 0 Å². The number of Topliss-reactive ketones (excluding diaryl/α,β-unsaturated/α-hetero) is 1. The van der Waals surface area contributed by atoms with Crippen molar-refractivity contribution in [3.63, 3.8) is 0 Å². The second-order valence-electron chi connectivity index (χ2n) is 3.01. The summed E-state index contributed by atoms with van der Waals surface area (Å²) < 4.78 is 0. The number of benzene rings is 1. The molecule has 0 saturated heterocycles. The van der Waals surface area contributed by atoms with Crippen LogP contribution in [-0.4, -0.2) is 5.78 Å². The number of unbranched alkanes of at least 4 members (excludes halogenated alkanes) is 1. The van der Waals surface area contributed by atoms with Gasteiger partial charge in [0.15, 0.2) is 11.9 Å². The minimum atomic E-state index is 0.262. The molecule has 0 bridgehead atoms. The van der Waals surface area contributed by atoms with E-state index >= 15 is 0 Å². The van der Waals surface area contributed by atoms with Gasteiger partial charge < -0.3 is 0 Å². The van der Waals surface area contributed by atoms with Crippen molar-refractivity contribution in [3.8, 4) is 12.5 Å². The van der Waals surface area contributed by atoms with E-state index in [1.54, 1.807) is 0 Å². The van der Waals surface area contributed by atoms with Crippen molar-refractivity contribution in [2.24, 2.45) is 0 Å². The van der Waals surface area contributed by atoms with Gasteiger partial charge >= 0.3 is 0 Å². The predicted molar refractivity (Wildman–Crippen MR) is 59.8 cm³/mol. The van der Waals surface area contributed by atoms with Gasteiger partial charge in [-0.1, -0.05) is 50.1 Å². The van der Waals surface area contributed by atoms with Crippen LogP contribution in [0.4, 0.5) is 0 Å². The Morgan fingerprint density at radius 3 is 2.33 bits per heavy atom. The summed E-state index contributed by atoms with van der Waals surface area (Å²) in [5, 5.41) is 8.46. The smallest absolute Gasteiger partial charge is 0.168 e. The molecule has 79 valence electrons. The molecule has 2 heteroatoms. The van der Waals surface area contributed by atoms with Crippen LogP contribution in [0.15, 0.2) is 30.3 Å². The molecule has 0 aliphatic rings. The van der Waals surface area contributed by atoms with Gasteiger partial charge in [0.05, 0.1) is 0 Å². The van der Waals surface area contributed by atoms with Gasteiger partial charge in [-0.3, -0.25) is 4.79 Å². The van der Waals surface area contributed by atoms with Crippen molar-refractivity contribution in [1.29, 1.82) is 0 Å². The first-order valence-electron chi connectivity index (χ1n) is 4.92.